The molecule has 0 saturated heterocycles. The molecule has 3 N–H and O–H groups in total. The Morgan fingerprint density at radius 3 is 2.26 bits per heavy atom. The third-order valence-electron chi connectivity index (χ3n) is 4.63. The summed E-state index contributed by atoms with van der Waals surface area (Å²) >= 11 is 6.79. The summed E-state index contributed by atoms with van der Waals surface area (Å²) in [4.78, 5) is 25.3. The van der Waals surface area contributed by atoms with E-state index in [0.717, 1.165) is 29.1 Å². The number of benzene rings is 3. The fourth-order valence-corrected chi connectivity index (χ4v) is 3.90. The van der Waals surface area contributed by atoms with E-state index in [2.05, 4.69) is 16.0 Å². The first kappa shape index (κ1) is 25.3. The average Bonchev–Trinajstić information content (AvgIpc) is 2.84. The number of hydrogen-bond donors (Lipinski definition) is 3. The van der Waals surface area contributed by atoms with Crippen LogP contribution in [0.3, 0.4) is 0 Å². The van der Waals surface area contributed by atoms with Crippen LogP contribution >= 0.6 is 24.0 Å². The normalized spacial score (nSPS) is 10.3. The summed E-state index contributed by atoms with van der Waals surface area (Å²) in [6.45, 7) is 2.45. The highest BCUT2D eigenvalue weighted by Gasteiger charge is 2.09. The van der Waals surface area contributed by atoms with Crippen LogP contribution in [0.15, 0.2) is 83.8 Å². The first-order valence-electron chi connectivity index (χ1n) is 11.0. The van der Waals surface area contributed by atoms with Crippen molar-refractivity contribution >= 4 is 58.0 Å². The molecule has 0 fully saturated rings. The second kappa shape index (κ2) is 13.4. The molecule has 0 aliphatic rings. The molecular formula is C26H27N3O3S2. The number of carbonyl (C=O) groups excluding carboxylic acids is 2. The van der Waals surface area contributed by atoms with Crippen molar-refractivity contribution in [2.24, 2.45) is 0 Å². The molecule has 3 aromatic rings. The minimum absolute atomic E-state index is 0.136. The quantitative estimate of drug-likeness (QED) is 0.135. The van der Waals surface area contributed by atoms with Crippen molar-refractivity contribution in [3.8, 4) is 0 Å². The van der Waals surface area contributed by atoms with Gasteiger partial charge in [-0.3, -0.25) is 4.79 Å². The van der Waals surface area contributed by atoms with Gasteiger partial charge in [-0.1, -0.05) is 37.6 Å². The van der Waals surface area contributed by atoms with Crippen LogP contribution in [-0.2, 0) is 9.53 Å². The van der Waals surface area contributed by atoms with Crippen LogP contribution in [-0.4, -0.2) is 29.3 Å². The SMILES string of the molecule is CCCCOC(=O)c1ccc(NC(=O)CSc2cccc(NC(=S)Nc3ccccc3)c2)cc1. The molecule has 0 aromatic heterocycles. The molecule has 0 atom stereocenters. The third kappa shape index (κ3) is 8.53. The van der Waals surface area contributed by atoms with Gasteiger partial charge in [0, 0.05) is 22.0 Å². The fourth-order valence-electron chi connectivity index (χ4n) is 2.91. The van der Waals surface area contributed by atoms with Crippen molar-refractivity contribution in [3.63, 3.8) is 0 Å². The number of anilines is 3. The van der Waals surface area contributed by atoms with E-state index in [0.29, 0.717) is 23.0 Å². The second-order valence-corrected chi connectivity index (χ2v) is 8.83. The van der Waals surface area contributed by atoms with Crippen molar-refractivity contribution in [3.05, 3.63) is 84.4 Å². The summed E-state index contributed by atoms with van der Waals surface area (Å²) < 4.78 is 5.19. The molecule has 0 radical (unpaired) electrons. The first-order valence-corrected chi connectivity index (χ1v) is 12.4. The van der Waals surface area contributed by atoms with Gasteiger partial charge in [0.05, 0.1) is 17.9 Å². The number of amides is 1. The lowest BCUT2D eigenvalue weighted by atomic mass is 10.2. The summed E-state index contributed by atoms with van der Waals surface area (Å²) in [5.74, 6) is -0.242. The zero-order valence-corrected chi connectivity index (χ0v) is 20.5. The second-order valence-electron chi connectivity index (χ2n) is 7.38. The van der Waals surface area contributed by atoms with Gasteiger partial charge in [-0.15, -0.1) is 11.8 Å². The van der Waals surface area contributed by atoms with Crippen molar-refractivity contribution in [2.45, 2.75) is 24.7 Å². The highest BCUT2D eigenvalue weighted by molar-refractivity contribution is 8.00. The molecule has 176 valence electrons. The van der Waals surface area contributed by atoms with E-state index in [-0.39, 0.29) is 17.6 Å². The predicted molar refractivity (Wildman–Crippen MR) is 144 cm³/mol. The van der Waals surface area contributed by atoms with Crippen LogP contribution in [0.25, 0.3) is 0 Å². The summed E-state index contributed by atoms with van der Waals surface area (Å²) in [6.07, 6.45) is 1.81. The van der Waals surface area contributed by atoms with Gasteiger partial charge >= 0.3 is 5.97 Å². The largest absolute Gasteiger partial charge is 0.462 e. The number of esters is 1. The maximum atomic E-state index is 12.4. The van der Waals surface area contributed by atoms with Crippen molar-refractivity contribution in [2.75, 3.05) is 28.3 Å². The highest BCUT2D eigenvalue weighted by atomic mass is 32.2. The van der Waals surface area contributed by atoms with E-state index in [1.165, 1.54) is 11.8 Å². The molecule has 0 bridgehead atoms. The van der Waals surface area contributed by atoms with Gasteiger partial charge in [0.15, 0.2) is 5.11 Å². The number of thiocarbonyl (C=S) groups is 1. The van der Waals surface area contributed by atoms with Crippen LogP contribution in [0.1, 0.15) is 30.1 Å². The molecule has 3 rings (SSSR count). The van der Waals surface area contributed by atoms with Gasteiger partial charge in [-0.25, -0.2) is 4.79 Å². The topological polar surface area (TPSA) is 79.5 Å². The Morgan fingerprint density at radius 1 is 0.853 bits per heavy atom. The van der Waals surface area contributed by atoms with Crippen LogP contribution in [0.2, 0.25) is 0 Å². The lowest BCUT2D eigenvalue weighted by Crippen LogP contribution is -2.19. The molecule has 1 amide bonds. The number of thioether (sulfide) groups is 1. The molecule has 0 saturated carbocycles. The number of para-hydroxylation sites is 1. The molecule has 0 spiro atoms. The van der Waals surface area contributed by atoms with Crippen molar-refractivity contribution < 1.29 is 14.3 Å². The molecule has 3 aromatic carbocycles. The molecule has 6 nitrogen and oxygen atoms in total. The maximum Gasteiger partial charge on any atom is 0.338 e. The Bertz CT molecular complexity index is 1110. The fraction of sp³-hybridized carbons (Fsp3) is 0.192. The lowest BCUT2D eigenvalue weighted by Gasteiger charge is -2.11. The minimum Gasteiger partial charge on any atom is -0.462 e. The lowest BCUT2D eigenvalue weighted by molar-refractivity contribution is -0.113. The van der Waals surface area contributed by atoms with E-state index >= 15 is 0 Å². The van der Waals surface area contributed by atoms with Gasteiger partial charge in [0.2, 0.25) is 5.91 Å². The van der Waals surface area contributed by atoms with E-state index in [4.69, 9.17) is 17.0 Å². The van der Waals surface area contributed by atoms with Crippen molar-refractivity contribution in [1.29, 1.82) is 0 Å². The summed E-state index contributed by atoms with van der Waals surface area (Å²) in [7, 11) is 0. The Kier molecular flexibility index (Phi) is 9.94. The van der Waals surface area contributed by atoms with Crippen LogP contribution in [0.4, 0.5) is 17.1 Å². The van der Waals surface area contributed by atoms with Gasteiger partial charge < -0.3 is 20.7 Å². The first-order chi connectivity index (χ1) is 16.5. The smallest absolute Gasteiger partial charge is 0.338 e. The van der Waals surface area contributed by atoms with Crippen LogP contribution in [0.5, 0.6) is 0 Å². The summed E-state index contributed by atoms with van der Waals surface area (Å²) in [6, 6.07) is 24.1. The van der Waals surface area contributed by atoms with Gasteiger partial charge in [0.25, 0.3) is 0 Å². The van der Waals surface area contributed by atoms with E-state index in [1.807, 2.05) is 61.5 Å². The third-order valence-corrected chi connectivity index (χ3v) is 5.83. The Hall–Kier alpha value is -3.36. The van der Waals surface area contributed by atoms with Crippen molar-refractivity contribution in [1.82, 2.24) is 0 Å². The molecular weight excluding hydrogens is 466 g/mol. The van der Waals surface area contributed by atoms with Crippen LogP contribution in [0, 0.1) is 0 Å². The number of carbonyl (C=O) groups is 2. The summed E-state index contributed by atoms with van der Waals surface area (Å²) in [5, 5.41) is 9.62. The molecule has 0 aliphatic heterocycles. The van der Waals surface area contributed by atoms with E-state index in [9.17, 15) is 9.59 Å². The molecule has 0 heterocycles. The van der Waals surface area contributed by atoms with Crippen LogP contribution < -0.4 is 16.0 Å². The monoisotopic (exact) mass is 493 g/mol. The number of hydrogen-bond acceptors (Lipinski definition) is 5. The Balaban J connectivity index is 1.45. The average molecular weight is 494 g/mol. The Morgan fingerprint density at radius 2 is 1.53 bits per heavy atom. The number of ether oxygens (including phenoxy) is 1. The predicted octanol–water partition coefficient (Wildman–Crippen LogP) is 6.18. The zero-order chi connectivity index (χ0) is 24.2. The summed E-state index contributed by atoms with van der Waals surface area (Å²) in [5.41, 5.74) is 2.83. The molecule has 8 heteroatoms. The Labute approximate surface area is 209 Å². The van der Waals surface area contributed by atoms with Gasteiger partial charge in [-0.05, 0) is 73.2 Å². The minimum atomic E-state index is -0.353. The highest BCUT2D eigenvalue weighted by Crippen LogP contribution is 2.22. The molecule has 34 heavy (non-hydrogen) atoms. The number of rotatable bonds is 10. The molecule has 0 unspecified atom stereocenters. The van der Waals surface area contributed by atoms with Gasteiger partial charge in [0.1, 0.15) is 0 Å². The maximum absolute atomic E-state index is 12.4. The number of nitrogens with one attached hydrogen (secondary N) is 3. The van der Waals surface area contributed by atoms with E-state index in [1.54, 1.807) is 24.3 Å². The van der Waals surface area contributed by atoms with E-state index < -0.39 is 0 Å². The molecule has 0 aliphatic carbocycles. The number of unbranched alkanes of at least 4 members (excludes halogenated alkanes) is 1. The standard InChI is InChI=1S/C26H27N3O3S2/c1-2-3-16-32-25(31)19-12-14-21(15-13-19)27-24(30)18-34-23-11-7-10-22(17-23)29-26(33)28-20-8-5-4-6-9-20/h4-15,17H,2-3,16,18H2,1H3,(H,27,30)(H2,28,29,33). The van der Waals surface area contributed by atoms with Gasteiger partial charge in [-0.2, -0.15) is 0 Å². The zero-order valence-electron chi connectivity index (χ0n) is 18.9.